The van der Waals surface area contributed by atoms with Gasteiger partial charge in [-0.3, -0.25) is 0 Å². The van der Waals surface area contributed by atoms with Gasteiger partial charge in [0.2, 0.25) is 0 Å². The number of rotatable bonds is 3. The van der Waals surface area contributed by atoms with E-state index in [-0.39, 0.29) is 5.88 Å². The summed E-state index contributed by atoms with van der Waals surface area (Å²) < 4.78 is 0. The van der Waals surface area contributed by atoms with Crippen LogP contribution in [0.4, 0.5) is 0 Å². The zero-order valence-corrected chi connectivity index (χ0v) is 5.25. The molecule has 0 aromatic rings. The van der Waals surface area contributed by atoms with Crippen molar-refractivity contribution in [1.82, 2.24) is 0 Å². The molecule has 0 aromatic heterocycles. The van der Waals surface area contributed by atoms with Crippen LogP contribution in [0.15, 0.2) is 0 Å². The molecule has 0 spiro atoms. The van der Waals surface area contributed by atoms with E-state index in [1.165, 1.54) is 0 Å². The molecular weight excluding hydrogens is 147 g/mol. The summed E-state index contributed by atoms with van der Waals surface area (Å²) in [4.78, 5) is 9.83. The van der Waals surface area contributed by atoms with Gasteiger partial charge < -0.3 is 15.3 Å². The van der Waals surface area contributed by atoms with Gasteiger partial charge in [0.25, 0.3) is 0 Å². The first kappa shape index (κ1) is 8.68. The number of aliphatic hydroxyl groups excluding tert-OH is 2. The molecule has 0 aliphatic rings. The van der Waals surface area contributed by atoms with Gasteiger partial charge >= 0.3 is 5.97 Å². The molecule has 0 bridgehead atoms. The Morgan fingerprint density at radius 2 is 2.00 bits per heavy atom. The zero-order valence-electron chi connectivity index (χ0n) is 4.49. The summed E-state index contributed by atoms with van der Waals surface area (Å²) in [5.41, 5.74) is 0. The minimum atomic E-state index is -1.78. The van der Waals surface area contributed by atoms with Gasteiger partial charge in [-0.1, -0.05) is 0 Å². The second-order valence-corrected chi connectivity index (χ2v) is 1.81. The van der Waals surface area contributed by atoms with Gasteiger partial charge in [-0.25, -0.2) is 4.79 Å². The molecule has 4 nitrogen and oxygen atoms in total. The molecule has 0 amide bonds. The second kappa shape index (κ2) is 3.66. The van der Waals surface area contributed by atoms with E-state index in [9.17, 15) is 4.79 Å². The van der Waals surface area contributed by atoms with Gasteiger partial charge in [-0.05, 0) is 0 Å². The van der Waals surface area contributed by atoms with Crippen LogP contribution in [0.5, 0.6) is 0 Å². The van der Waals surface area contributed by atoms with Crippen molar-refractivity contribution in [3.63, 3.8) is 0 Å². The minimum Gasteiger partial charge on any atom is -0.479 e. The van der Waals surface area contributed by atoms with Gasteiger partial charge in [0.15, 0.2) is 6.10 Å². The lowest BCUT2D eigenvalue weighted by Crippen LogP contribution is -2.34. The number of carboxylic acids is 1. The molecule has 0 saturated carbocycles. The minimum absolute atomic E-state index is 0.284. The molecule has 0 heterocycles. The topological polar surface area (TPSA) is 77.8 Å². The Balaban J connectivity index is 3.72. The lowest BCUT2D eigenvalue weighted by molar-refractivity contribution is -0.151. The zero-order chi connectivity index (χ0) is 7.44. The first-order valence-corrected chi connectivity index (χ1v) is 2.78. The number of hydrogen-bond donors (Lipinski definition) is 3. The summed E-state index contributed by atoms with van der Waals surface area (Å²) in [6, 6.07) is 0. The van der Waals surface area contributed by atoms with Gasteiger partial charge in [0.05, 0.1) is 5.88 Å². The number of halogens is 1. The fraction of sp³-hybridized carbons (Fsp3) is 0.750. The standard InChI is InChI=1S/C4H7ClO4/c5-1-2(6)3(7)4(8)9/h2-3,6-7H,1H2,(H,8,9)/t2-,3-/m0/s1. The summed E-state index contributed by atoms with van der Waals surface area (Å²) in [6.07, 6.45) is -3.16. The number of aliphatic hydroxyl groups is 2. The van der Waals surface area contributed by atoms with Crippen molar-refractivity contribution in [2.24, 2.45) is 0 Å². The third-order valence-corrected chi connectivity index (χ3v) is 1.09. The van der Waals surface area contributed by atoms with Gasteiger partial charge in [-0.2, -0.15) is 0 Å². The Hall–Kier alpha value is -0.320. The van der Waals surface area contributed by atoms with Crippen LogP contribution < -0.4 is 0 Å². The maximum absolute atomic E-state index is 9.83. The fourth-order valence-electron chi connectivity index (χ4n) is 0.249. The van der Waals surface area contributed by atoms with Crippen LogP contribution in [-0.4, -0.2) is 39.4 Å². The number of carboxylic acid groups (broad SMARTS) is 1. The van der Waals surface area contributed by atoms with Crippen LogP contribution >= 0.6 is 11.6 Å². The maximum atomic E-state index is 9.83. The molecule has 0 aliphatic carbocycles. The SMILES string of the molecule is O=C(O)[C@@H](O)[C@@H](O)CCl. The van der Waals surface area contributed by atoms with Crippen LogP contribution in [-0.2, 0) is 4.79 Å². The normalized spacial score (nSPS) is 16.8. The van der Waals surface area contributed by atoms with Crippen molar-refractivity contribution < 1.29 is 20.1 Å². The Kier molecular flexibility index (Phi) is 3.53. The Bertz CT molecular complexity index is 105. The first-order chi connectivity index (χ1) is 4.09. The summed E-state index contributed by atoms with van der Waals surface area (Å²) in [6.45, 7) is 0. The van der Waals surface area contributed by atoms with E-state index < -0.39 is 18.2 Å². The van der Waals surface area contributed by atoms with Crippen LogP contribution in [0.3, 0.4) is 0 Å². The first-order valence-electron chi connectivity index (χ1n) is 2.24. The molecule has 0 aromatic carbocycles. The van der Waals surface area contributed by atoms with Crippen LogP contribution in [0.25, 0.3) is 0 Å². The van der Waals surface area contributed by atoms with Crippen molar-refractivity contribution in [3.8, 4) is 0 Å². The lowest BCUT2D eigenvalue weighted by atomic mass is 10.2. The summed E-state index contributed by atoms with van der Waals surface area (Å²) >= 11 is 5.02. The molecule has 0 rings (SSSR count). The molecule has 5 heteroatoms. The number of carbonyl (C=O) groups is 1. The summed E-state index contributed by atoms with van der Waals surface area (Å²) in [5, 5.41) is 25.0. The highest BCUT2D eigenvalue weighted by atomic mass is 35.5. The predicted octanol–water partition coefficient (Wildman–Crippen LogP) is -0.968. The van der Waals surface area contributed by atoms with E-state index in [0.717, 1.165) is 0 Å². The molecule has 0 radical (unpaired) electrons. The Morgan fingerprint density at radius 3 is 2.11 bits per heavy atom. The quantitative estimate of drug-likeness (QED) is 0.457. The van der Waals surface area contributed by atoms with Crippen LogP contribution in [0.2, 0.25) is 0 Å². The Labute approximate surface area is 56.7 Å². The average molecular weight is 155 g/mol. The van der Waals surface area contributed by atoms with E-state index >= 15 is 0 Å². The molecule has 0 unspecified atom stereocenters. The van der Waals surface area contributed by atoms with Gasteiger partial charge in [0, 0.05) is 0 Å². The lowest BCUT2D eigenvalue weighted by Gasteiger charge is -2.08. The monoisotopic (exact) mass is 154 g/mol. The maximum Gasteiger partial charge on any atom is 0.335 e. The van der Waals surface area contributed by atoms with E-state index in [2.05, 4.69) is 0 Å². The van der Waals surface area contributed by atoms with E-state index in [0.29, 0.717) is 0 Å². The smallest absolute Gasteiger partial charge is 0.335 e. The third kappa shape index (κ3) is 2.64. The molecule has 0 aliphatic heterocycles. The summed E-state index contributed by atoms with van der Waals surface area (Å²) in [7, 11) is 0. The molecular formula is C4H7ClO4. The summed E-state index contributed by atoms with van der Waals surface area (Å²) in [5.74, 6) is -1.75. The Morgan fingerprint density at radius 1 is 1.56 bits per heavy atom. The molecule has 0 fully saturated rings. The predicted molar refractivity (Wildman–Crippen MR) is 30.4 cm³/mol. The molecule has 9 heavy (non-hydrogen) atoms. The fourth-order valence-corrected chi connectivity index (χ4v) is 0.418. The number of aliphatic carboxylic acids is 1. The number of hydrogen-bond acceptors (Lipinski definition) is 3. The van der Waals surface area contributed by atoms with Crippen molar-refractivity contribution in [2.45, 2.75) is 12.2 Å². The highest BCUT2D eigenvalue weighted by molar-refractivity contribution is 6.18. The van der Waals surface area contributed by atoms with Crippen molar-refractivity contribution in [3.05, 3.63) is 0 Å². The van der Waals surface area contributed by atoms with Crippen molar-refractivity contribution in [1.29, 1.82) is 0 Å². The van der Waals surface area contributed by atoms with Crippen LogP contribution in [0, 0.1) is 0 Å². The molecule has 54 valence electrons. The second-order valence-electron chi connectivity index (χ2n) is 1.50. The van der Waals surface area contributed by atoms with Gasteiger partial charge in [-0.15, -0.1) is 11.6 Å². The highest BCUT2D eigenvalue weighted by Crippen LogP contribution is 1.95. The van der Waals surface area contributed by atoms with E-state index in [1.807, 2.05) is 0 Å². The average Bonchev–Trinajstić information content (AvgIpc) is 1.84. The van der Waals surface area contributed by atoms with Crippen LogP contribution in [0.1, 0.15) is 0 Å². The highest BCUT2D eigenvalue weighted by Gasteiger charge is 2.21. The molecule has 2 atom stereocenters. The van der Waals surface area contributed by atoms with Gasteiger partial charge in [0.1, 0.15) is 6.10 Å². The molecule has 0 saturated heterocycles. The molecule has 3 N–H and O–H groups in total. The van der Waals surface area contributed by atoms with Crippen molar-refractivity contribution in [2.75, 3.05) is 5.88 Å². The van der Waals surface area contributed by atoms with E-state index in [1.54, 1.807) is 0 Å². The number of alkyl halides is 1. The largest absolute Gasteiger partial charge is 0.479 e. The van der Waals surface area contributed by atoms with Crippen molar-refractivity contribution >= 4 is 17.6 Å². The third-order valence-electron chi connectivity index (χ3n) is 0.776. The van der Waals surface area contributed by atoms with E-state index in [4.69, 9.17) is 26.9 Å².